The van der Waals surface area contributed by atoms with Crippen LogP contribution in [0.2, 0.25) is 5.02 Å². The van der Waals surface area contributed by atoms with Crippen LogP contribution in [0.4, 0.5) is 4.79 Å². The van der Waals surface area contributed by atoms with Crippen molar-refractivity contribution >= 4 is 23.6 Å². The van der Waals surface area contributed by atoms with Crippen molar-refractivity contribution in [2.75, 3.05) is 32.7 Å². The number of piperidine rings is 1. The Hall–Kier alpha value is -3.39. The Balaban J connectivity index is 1.41. The maximum atomic E-state index is 13.0. The second kappa shape index (κ2) is 15.1. The molecule has 236 valence electrons. The lowest BCUT2D eigenvalue weighted by Crippen LogP contribution is -2.45. The molecule has 7 nitrogen and oxygen atoms in total. The van der Waals surface area contributed by atoms with E-state index in [0.29, 0.717) is 24.4 Å². The molecule has 0 radical (unpaired) electrons. The van der Waals surface area contributed by atoms with Crippen molar-refractivity contribution in [1.82, 2.24) is 15.5 Å². The molecule has 8 heteroatoms. The number of likely N-dealkylation sites (tertiary alicyclic amines) is 1. The lowest BCUT2D eigenvalue weighted by Gasteiger charge is -2.40. The quantitative estimate of drug-likeness (QED) is 0.218. The third kappa shape index (κ3) is 9.31. The Morgan fingerprint density at radius 2 is 1.45 bits per heavy atom. The van der Waals surface area contributed by atoms with E-state index in [9.17, 15) is 14.7 Å². The molecule has 0 aromatic heterocycles. The molecule has 1 saturated heterocycles. The van der Waals surface area contributed by atoms with Crippen molar-refractivity contribution in [2.45, 2.75) is 69.5 Å². The maximum Gasteiger partial charge on any atom is 0.407 e. The summed E-state index contributed by atoms with van der Waals surface area (Å²) in [6, 6.07) is 28.3. The SMILES string of the molecule is CC(C)(C)OC(=O)NCCC(=O)NCC(CCCN1CCC(O)(c2ccc(Cl)cc2)CC1)(c1ccccc1)c1ccccc1. The summed E-state index contributed by atoms with van der Waals surface area (Å²) < 4.78 is 5.28. The van der Waals surface area contributed by atoms with Gasteiger partial charge in [0.05, 0.1) is 5.60 Å². The summed E-state index contributed by atoms with van der Waals surface area (Å²) in [6.07, 6.45) is 2.71. The van der Waals surface area contributed by atoms with Gasteiger partial charge in [-0.25, -0.2) is 4.79 Å². The Morgan fingerprint density at radius 3 is 2.00 bits per heavy atom. The van der Waals surface area contributed by atoms with Crippen molar-refractivity contribution in [3.63, 3.8) is 0 Å². The number of carbonyl (C=O) groups excluding carboxylic acids is 2. The Labute approximate surface area is 267 Å². The molecule has 4 rings (SSSR count). The Kier molecular flexibility index (Phi) is 11.5. The molecule has 1 aliphatic rings. The minimum atomic E-state index is -0.832. The van der Waals surface area contributed by atoms with Crippen LogP contribution in [0.5, 0.6) is 0 Å². The van der Waals surface area contributed by atoms with E-state index in [1.165, 1.54) is 0 Å². The highest BCUT2D eigenvalue weighted by Crippen LogP contribution is 2.38. The summed E-state index contributed by atoms with van der Waals surface area (Å²) in [5.74, 6) is -0.130. The van der Waals surface area contributed by atoms with Crippen LogP contribution in [0.15, 0.2) is 84.9 Å². The lowest BCUT2D eigenvalue weighted by atomic mass is 9.71. The average molecular weight is 620 g/mol. The van der Waals surface area contributed by atoms with E-state index >= 15 is 0 Å². The maximum absolute atomic E-state index is 13.0. The third-order valence-electron chi connectivity index (χ3n) is 8.40. The normalized spacial score (nSPS) is 15.4. The van der Waals surface area contributed by atoms with Gasteiger partial charge in [0, 0.05) is 43.0 Å². The molecule has 1 heterocycles. The van der Waals surface area contributed by atoms with Crippen LogP contribution in [0.3, 0.4) is 0 Å². The number of amides is 2. The van der Waals surface area contributed by atoms with Crippen LogP contribution >= 0.6 is 11.6 Å². The minimum absolute atomic E-state index is 0.130. The van der Waals surface area contributed by atoms with Crippen LogP contribution in [0, 0.1) is 0 Å². The molecule has 44 heavy (non-hydrogen) atoms. The molecule has 0 unspecified atom stereocenters. The fourth-order valence-corrected chi connectivity index (χ4v) is 6.12. The molecule has 0 saturated carbocycles. The predicted molar refractivity (Wildman–Crippen MR) is 176 cm³/mol. The molecule has 1 fully saturated rings. The van der Waals surface area contributed by atoms with Gasteiger partial charge in [0.2, 0.25) is 5.91 Å². The summed E-state index contributed by atoms with van der Waals surface area (Å²) in [5.41, 5.74) is 1.36. The van der Waals surface area contributed by atoms with Crippen LogP contribution in [0.25, 0.3) is 0 Å². The first-order chi connectivity index (χ1) is 21.0. The van der Waals surface area contributed by atoms with Crippen LogP contribution < -0.4 is 10.6 Å². The third-order valence-corrected chi connectivity index (χ3v) is 8.66. The molecule has 3 aromatic carbocycles. The highest BCUT2D eigenvalue weighted by Gasteiger charge is 2.36. The van der Waals surface area contributed by atoms with Crippen molar-refractivity contribution in [2.24, 2.45) is 0 Å². The highest BCUT2D eigenvalue weighted by molar-refractivity contribution is 6.30. The zero-order valence-corrected chi connectivity index (χ0v) is 26.9. The van der Waals surface area contributed by atoms with Crippen molar-refractivity contribution in [1.29, 1.82) is 0 Å². The number of rotatable bonds is 12. The summed E-state index contributed by atoms with van der Waals surface area (Å²) >= 11 is 6.06. The van der Waals surface area contributed by atoms with Gasteiger partial charge in [0.25, 0.3) is 0 Å². The van der Waals surface area contributed by atoms with Gasteiger partial charge in [-0.2, -0.15) is 0 Å². The van der Waals surface area contributed by atoms with Crippen molar-refractivity contribution in [3.05, 3.63) is 107 Å². The summed E-state index contributed by atoms with van der Waals surface area (Å²) in [4.78, 5) is 27.4. The van der Waals surface area contributed by atoms with Gasteiger partial charge in [0.1, 0.15) is 5.60 Å². The van der Waals surface area contributed by atoms with E-state index in [-0.39, 0.29) is 18.9 Å². The molecule has 0 aliphatic carbocycles. The first kappa shape index (κ1) is 33.5. The number of alkyl carbamates (subject to hydrolysis) is 1. The standard InChI is InChI=1S/C36H46ClN3O4/c1-34(2,3)44-33(42)38-23-19-32(41)39-27-35(28-11-6-4-7-12-28,29-13-8-5-9-14-29)20-10-24-40-25-21-36(43,22-26-40)30-15-17-31(37)18-16-30/h4-9,11-18,43H,10,19-27H2,1-3H3,(H,38,42)(H,39,41). The second-order valence-electron chi connectivity index (χ2n) is 12.8. The minimum Gasteiger partial charge on any atom is -0.444 e. The number of nitrogens with zero attached hydrogens (tertiary/aromatic N) is 1. The summed E-state index contributed by atoms with van der Waals surface area (Å²) in [5, 5.41) is 17.8. The second-order valence-corrected chi connectivity index (χ2v) is 13.2. The van der Waals surface area contributed by atoms with E-state index < -0.39 is 22.7 Å². The Bertz CT molecular complexity index is 1300. The fourth-order valence-electron chi connectivity index (χ4n) is 5.99. The van der Waals surface area contributed by atoms with E-state index in [1.54, 1.807) is 20.8 Å². The highest BCUT2D eigenvalue weighted by atomic mass is 35.5. The number of benzene rings is 3. The monoisotopic (exact) mass is 619 g/mol. The molecular formula is C36H46ClN3O4. The average Bonchev–Trinajstić information content (AvgIpc) is 3.00. The molecule has 0 atom stereocenters. The van der Waals surface area contributed by atoms with Crippen LogP contribution in [-0.4, -0.2) is 60.3 Å². The predicted octanol–water partition coefficient (Wildman–Crippen LogP) is 6.42. The molecular weight excluding hydrogens is 574 g/mol. The fraction of sp³-hybridized carbons (Fsp3) is 0.444. The van der Waals surface area contributed by atoms with Crippen LogP contribution in [-0.2, 0) is 20.5 Å². The number of nitrogens with one attached hydrogen (secondary N) is 2. The molecule has 2 amide bonds. The largest absolute Gasteiger partial charge is 0.444 e. The lowest BCUT2D eigenvalue weighted by molar-refractivity contribution is -0.121. The molecule has 1 aliphatic heterocycles. The number of ether oxygens (including phenoxy) is 1. The summed E-state index contributed by atoms with van der Waals surface area (Å²) in [6.45, 7) is 8.56. The van der Waals surface area contributed by atoms with E-state index in [1.807, 2.05) is 60.7 Å². The first-order valence-corrected chi connectivity index (χ1v) is 15.9. The number of carbonyl (C=O) groups is 2. The van der Waals surface area contributed by atoms with Gasteiger partial charge < -0.3 is 25.4 Å². The van der Waals surface area contributed by atoms with Gasteiger partial charge in [-0.05, 0) is 81.8 Å². The molecule has 0 bridgehead atoms. The number of hydrogen-bond donors (Lipinski definition) is 3. The topological polar surface area (TPSA) is 90.9 Å². The summed E-state index contributed by atoms with van der Waals surface area (Å²) in [7, 11) is 0. The van der Waals surface area contributed by atoms with E-state index in [0.717, 1.165) is 49.2 Å². The molecule has 3 N–H and O–H groups in total. The van der Waals surface area contributed by atoms with Gasteiger partial charge in [-0.15, -0.1) is 0 Å². The van der Waals surface area contributed by atoms with Crippen molar-refractivity contribution < 1.29 is 19.4 Å². The smallest absolute Gasteiger partial charge is 0.407 e. The van der Waals surface area contributed by atoms with Crippen molar-refractivity contribution in [3.8, 4) is 0 Å². The number of hydrogen-bond acceptors (Lipinski definition) is 5. The molecule has 0 spiro atoms. The first-order valence-electron chi connectivity index (χ1n) is 15.5. The van der Waals surface area contributed by atoms with E-state index in [2.05, 4.69) is 39.8 Å². The van der Waals surface area contributed by atoms with Gasteiger partial charge >= 0.3 is 6.09 Å². The van der Waals surface area contributed by atoms with Crippen LogP contribution in [0.1, 0.15) is 69.6 Å². The Morgan fingerprint density at radius 1 is 0.886 bits per heavy atom. The van der Waals surface area contributed by atoms with Gasteiger partial charge in [-0.3, -0.25) is 4.79 Å². The molecule has 3 aromatic rings. The van der Waals surface area contributed by atoms with E-state index in [4.69, 9.17) is 16.3 Å². The zero-order chi connectivity index (χ0) is 31.6. The number of aliphatic hydroxyl groups is 1. The van der Waals surface area contributed by atoms with Gasteiger partial charge in [-0.1, -0.05) is 84.4 Å². The van der Waals surface area contributed by atoms with Gasteiger partial charge in [0.15, 0.2) is 0 Å². The zero-order valence-electron chi connectivity index (χ0n) is 26.2. The number of halogens is 1.